The van der Waals surface area contributed by atoms with E-state index in [2.05, 4.69) is 0 Å². The maximum atomic E-state index is 13.5. The molecule has 2 nitrogen and oxygen atoms in total. The molecular weight excluding hydrogens is 250 g/mol. The molecule has 0 fully saturated rings. The molecule has 4 heteroatoms. The number of methoxy groups -OCH3 is 1. The standard InChI is InChI=1S/C15H14F2O2/c1-19-13-4-2-3-11(7-13)15(18)8-10-5-6-12(16)9-14(10)17/h2-7,9,15,18H,8H2,1H3. The molecule has 0 heterocycles. The number of aliphatic hydroxyl groups is 1. The predicted molar refractivity (Wildman–Crippen MR) is 68.0 cm³/mol. The van der Waals surface area contributed by atoms with Gasteiger partial charge in [-0.05, 0) is 29.3 Å². The second-order valence-electron chi connectivity index (χ2n) is 4.23. The van der Waals surface area contributed by atoms with E-state index < -0.39 is 17.7 Å². The Labute approximate surface area is 110 Å². The normalized spacial score (nSPS) is 12.2. The van der Waals surface area contributed by atoms with Gasteiger partial charge in [-0.15, -0.1) is 0 Å². The third-order valence-corrected chi connectivity index (χ3v) is 2.91. The molecule has 0 aliphatic carbocycles. The van der Waals surface area contributed by atoms with Gasteiger partial charge < -0.3 is 9.84 Å². The maximum absolute atomic E-state index is 13.5. The van der Waals surface area contributed by atoms with Crippen LogP contribution in [0.2, 0.25) is 0 Å². The number of hydrogen-bond donors (Lipinski definition) is 1. The lowest BCUT2D eigenvalue weighted by Crippen LogP contribution is -2.04. The molecule has 1 N–H and O–H groups in total. The maximum Gasteiger partial charge on any atom is 0.129 e. The fourth-order valence-electron chi connectivity index (χ4n) is 1.86. The van der Waals surface area contributed by atoms with Gasteiger partial charge in [0.15, 0.2) is 0 Å². The summed E-state index contributed by atoms with van der Waals surface area (Å²) in [7, 11) is 1.53. The van der Waals surface area contributed by atoms with E-state index >= 15 is 0 Å². The smallest absolute Gasteiger partial charge is 0.129 e. The molecule has 0 aromatic heterocycles. The summed E-state index contributed by atoms with van der Waals surface area (Å²) in [6.07, 6.45) is -0.783. The van der Waals surface area contributed by atoms with E-state index in [1.165, 1.54) is 19.2 Å². The quantitative estimate of drug-likeness (QED) is 0.918. The lowest BCUT2D eigenvalue weighted by Gasteiger charge is -2.12. The van der Waals surface area contributed by atoms with E-state index in [1.54, 1.807) is 24.3 Å². The molecule has 1 unspecified atom stereocenters. The SMILES string of the molecule is COc1cccc(C(O)Cc2ccc(F)cc2F)c1. The summed E-state index contributed by atoms with van der Waals surface area (Å²) in [6.45, 7) is 0. The first-order chi connectivity index (χ1) is 9.10. The average molecular weight is 264 g/mol. The minimum absolute atomic E-state index is 0.0826. The highest BCUT2D eigenvalue weighted by Gasteiger charge is 2.12. The van der Waals surface area contributed by atoms with Crippen molar-refractivity contribution < 1.29 is 18.6 Å². The van der Waals surface area contributed by atoms with Crippen molar-refractivity contribution in [3.63, 3.8) is 0 Å². The number of rotatable bonds is 4. The van der Waals surface area contributed by atoms with Crippen LogP contribution in [0, 0.1) is 11.6 Å². The van der Waals surface area contributed by atoms with Gasteiger partial charge in [0.05, 0.1) is 13.2 Å². The molecule has 0 amide bonds. The molecule has 0 aliphatic heterocycles. The van der Waals surface area contributed by atoms with E-state index in [9.17, 15) is 13.9 Å². The van der Waals surface area contributed by atoms with Crippen LogP contribution in [0.25, 0.3) is 0 Å². The van der Waals surface area contributed by atoms with Crippen LogP contribution in [0.5, 0.6) is 5.75 Å². The molecule has 100 valence electrons. The fraction of sp³-hybridized carbons (Fsp3) is 0.200. The van der Waals surface area contributed by atoms with Crippen molar-refractivity contribution in [2.24, 2.45) is 0 Å². The lowest BCUT2D eigenvalue weighted by atomic mass is 10.0. The highest BCUT2D eigenvalue weighted by molar-refractivity contribution is 5.31. The second-order valence-corrected chi connectivity index (χ2v) is 4.23. The second kappa shape index (κ2) is 5.80. The van der Waals surface area contributed by atoms with Crippen molar-refractivity contribution in [2.45, 2.75) is 12.5 Å². The lowest BCUT2D eigenvalue weighted by molar-refractivity contribution is 0.176. The van der Waals surface area contributed by atoms with Crippen LogP contribution in [0.3, 0.4) is 0 Å². The highest BCUT2D eigenvalue weighted by atomic mass is 19.1. The van der Waals surface area contributed by atoms with Crippen molar-refractivity contribution in [3.8, 4) is 5.75 Å². The van der Waals surface area contributed by atoms with Crippen molar-refractivity contribution in [3.05, 3.63) is 65.2 Å². The summed E-state index contributed by atoms with van der Waals surface area (Å²) in [5, 5.41) is 10.1. The van der Waals surface area contributed by atoms with E-state index in [4.69, 9.17) is 4.74 Å². The monoisotopic (exact) mass is 264 g/mol. The van der Waals surface area contributed by atoms with E-state index in [0.29, 0.717) is 11.3 Å². The van der Waals surface area contributed by atoms with E-state index in [1.807, 2.05) is 0 Å². The first-order valence-electron chi connectivity index (χ1n) is 5.86. The van der Waals surface area contributed by atoms with Gasteiger partial charge in [-0.1, -0.05) is 18.2 Å². The molecule has 0 bridgehead atoms. The molecule has 1 atom stereocenters. The Bertz CT molecular complexity index is 570. The number of hydrogen-bond acceptors (Lipinski definition) is 2. The van der Waals surface area contributed by atoms with Crippen LogP contribution in [0.4, 0.5) is 8.78 Å². The third-order valence-electron chi connectivity index (χ3n) is 2.91. The van der Waals surface area contributed by atoms with Crippen LogP contribution in [-0.4, -0.2) is 12.2 Å². The summed E-state index contributed by atoms with van der Waals surface area (Å²) < 4.78 is 31.3. The topological polar surface area (TPSA) is 29.5 Å². The molecule has 0 saturated carbocycles. The van der Waals surface area contributed by atoms with Gasteiger partial charge in [0.1, 0.15) is 17.4 Å². The Balaban J connectivity index is 2.17. The average Bonchev–Trinajstić information content (AvgIpc) is 2.42. The fourth-order valence-corrected chi connectivity index (χ4v) is 1.86. The Morgan fingerprint density at radius 1 is 1.16 bits per heavy atom. The summed E-state index contributed by atoms with van der Waals surface area (Å²) in [6, 6.07) is 10.3. The zero-order valence-corrected chi connectivity index (χ0v) is 10.4. The highest BCUT2D eigenvalue weighted by Crippen LogP contribution is 2.23. The molecule has 19 heavy (non-hydrogen) atoms. The van der Waals surface area contributed by atoms with Crippen molar-refractivity contribution in [2.75, 3.05) is 7.11 Å². The molecule has 0 radical (unpaired) electrons. The Kier molecular flexibility index (Phi) is 4.12. The van der Waals surface area contributed by atoms with Crippen molar-refractivity contribution in [1.82, 2.24) is 0 Å². The molecular formula is C15H14F2O2. The Morgan fingerprint density at radius 3 is 2.63 bits per heavy atom. The van der Waals surface area contributed by atoms with E-state index in [-0.39, 0.29) is 12.0 Å². The van der Waals surface area contributed by atoms with Crippen molar-refractivity contribution in [1.29, 1.82) is 0 Å². The predicted octanol–water partition coefficient (Wildman–Crippen LogP) is 3.25. The largest absolute Gasteiger partial charge is 0.497 e. The molecule has 2 aromatic carbocycles. The Hall–Kier alpha value is -1.94. The van der Waals surface area contributed by atoms with Gasteiger partial charge in [0.2, 0.25) is 0 Å². The third kappa shape index (κ3) is 3.29. The van der Waals surface area contributed by atoms with Crippen LogP contribution >= 0.6 is 0 Å². The minimum atomic E-state index is -0.866. The van der Waals surface area contributed by atoms with Gasteiger partial charge >= 0.3 is 0 Å². The molecule has 2 rings (SSSR count). The minimum Gasteiger partial charge on any atom is -0.497 e. The van der Waals surface area contributed by atoms with Gasteiger partial charge in [-0.2, -0.15) is 0 Å². The van der Waals surface area contributed by atoms with Crippen LogP contribution in [0.15, 0.2) is 42.5 Å². The van der Waals surface area contributed by atoms with Gasteiger partial charge in [0, 0.05) is 12.5 Å². The van der Waals surface area contributed by atoms with Gasteiger partial charge in [-0.25, -0.2) is 8.78 Å². The first kappa shape index (κ1) is 13.5. The first-order valence-corrected chi connectivity index (χ1v) is 5.86. The van der Waals surface area contributed by atoms with Crippen LogP contribution < -0.4 is 4.74 Å². The zero-order valence-electron chi connectivity index (χ0n) is 10.4. The summed E-state index contributed by atoms with van der Waals surface area (Å²) in [4.78, 5) is 0. The number of benzene rings is 2. The van der Waals surface area contributed by atoms with Crippen molar-refractivity contribution >= 4 is 0 Å². The summed E-state index contributed by atoms with van der Waals surface area (Å²) >= 11 is 0. The zero-order chi connectivity index (χ0) is 13.8. The van der Waals surface area contributed by atoms with Gasteiger partial charge in [0.25, 0.3) is 0 Å². The van der Waals surface area contributed by atoms with Gasteiger partial charge in [-0.3, -0.25) is 0 Å². The molecule has 0 aliphatic rings. The molecule has 2 aromatic rings. The van der Waals surface area contributed by atoms with Crippen LogP contribution in [-0.2, 0) is 6.42 Å². The van der Waals surface area contributed by atoms with E-state index in [0.717, 1.165) is 6.07 Å². The summed E-state index contributed by atoms with van der Waals surface area (Å²) in [5.74, 6) is -0.657. The number of aliphatic hydroxyl groups excluding tert-OH is 1. The molecule has 0 spiro atoms. The number of ether oxygens (including phenoxy) is 1. The van der Waals surface area contributed by atoms with Crippen LogP contribution in [0.1, 0.15) is 17.2 Å². The number of halogens is 2. The Morgan fingerprint density at radius 2 is 1.95 bits per heavy atom. The molecule has 0 saturated heterocycles. The summed E-state index contributed by atoms with van der Waals surface area (Å²) in [5.41, 5.74) is 0.903.